The highest BCUT2D eigenvalue weighted by Gasteiger charge is 1.70. The van der Waals surface area contributed by atoms with Gasteiger partial charge < -0.3 is 20.4 Å². The van der Waals surface area contributed by atoms with Gasteiger partial charge in [-0.2, -0.15) is 0 Å². The molecule has 0 aromatic rings. The third-order valence-electron chi connectivity index (χ3n) is 0. The lowest BCUT2D eigenvalue weighted by Crippen LogP contribution is -1.81. The Kier molecular flexibility index (Phi) is 29.7. The zero-order chi connectivity index (χ0) is 10.7. The van der Waals surface area contributed by atoms with Gasteiger partial charge in [0.15, 0.2) is 0 Å². The van der Waals surface area contributed by atoms with Gasteiger partial charge in [-0.15, -0.1) is 12.4 Å². The summed E-state index contributed by atoms with van der Waals surface area (Å²) in [5.74, 6) is 0.833. The summed E-state index contributed by atoms with van der Waals surface area (Å²) in [6.07, 6.45) is -3.67. The molecule has 13 heavy (non-hydrogen) atoms. The van der Waals surface area contributed by atoms with Gasteiger partial charge in [-0.05, 0) is 5.92 Å². The molecule has 0 aliphatic heterocycles. The number of carbonyl (C=O) groups is 2. The van der Waals surface area contributed by atoms with E-state index in [2.05, 4.69) is 20.8 Å². The first kappa shape index (κ1) is 22.6. The molecule has 7 heteroatoms. The van der Waals surface area contributed by atoms with Crippen molar-refractivity contribution in [2.24, 2.45) is 5.92 Å². The van der Waals surface area contributed by atoms with Gasteiger partial charge in [0.1, 0.15) is 0 Å². The summed E-state index contributed by atoms with van der Waals surface area (Å²) in [4.78, 5) is 17.1. The number of rotatable bonds is 0. The summed E-state index contributed by atoms with van der Waals surface area (Å²) in [6, 6.07) is 0. The van der Waals surface area contributed by atoms with E-state index in [-0.39, 0.29) is 12.4 Å². The number of halogens is 1. The summed E-state index contributed by atoms with van der Waals surface area (Å²) in [6.45, 7) is 6.50. The minimum atomic E-state index is -1.83. The smallest absolute Gasteiger partial charge is 0.450 e. The van der Waals surface area contributed by atoms with Crippen molar-refractivity contribution in [3.63, 3.8) is 0 Å². The third kappa shape index (κ3) is 617. The fourth-order valence-electron chi connectivity index (χ4n) is 0. The molecule has 4 N–H and O–H groups in total. The maximum absolute atomic E-state index is 8.56. The highest BCUT2D eigenvalue weighted by atomic mass is 35.5. The zero-order valence-corrected chi connectivity index (χ0v) is 8.41. The minimum Gasteiger partial charge on any atom is -0.450 e. The van der Waals surface area contributed by atoms with Crippen LogP contribution in [0.1, 0.15) is 20.8 Å². The van der Waals surface area contributed by atoms with Crippen LogP contribution in [-0.2, 0) is 0 Å². The molecule has 0 aliphatic carbocycles. The highest BCUT2D eigenvalue weighted by Crippen LogP contribution is 1.81. The molecule has 0 saturated heterocycles. The van der Waals surface area contributed by atoms with Gasteiger partial charge >= 0.3 is 12.3 Å². The summed E-state index contributed by atoms with van der Waals surface area (Å²) >= 11 is 0. The van der Waals surface area contributed by atoms with E-state index in [4.69, 9.17) is 30.0 Å². The van der Waals surface area contributed by atoms with Gasteiger partial charge in [0.05, 0.1) is 0 Å². The minimum absolute atomic E-state index is 0. The molecule has 0 rings (SSSR count). The average Bonchev–Trinajstić information content (AvgIpc) is 1.54. The SMILES string of the molecule is CC(C)C.Cl.O=C(O)O.O=C(O)O. The largest absolute Gasteiger partial charge is 0.503 e. The van der Waals surface area contributed by atoms with Crippen LogP contribution in [0.25, 0.3) is 0 Å². The molecular formula is C6H15ClO6. The topological polar surface area (TPSA) is 115 Å². The molecule has 0 aromatic heterocycles. The Morgan fingerprint density at radius 3 is 0.846 bits per heavy atom. The van der Waals surface area contributed by atoms with Crippen LogP contribution >= 0.6 is 12.4 Å². The molecule has 0 unspecified atom stereocenters. The average molecular weight is 219 g/mol. The summed E-state index contributed by atoms with van der Waals surface area (Å²) in [5, 5.41) is 27.9. The first-order valence-corrected chi connectivity index (χ1v) is 3.03. The predicted molar refractivity (Wildman–Crippen MR) is 49.1 cm³/mol. The van der Waals surface area contributed by atoms with E-state index in [1.54, 1.807) is 0 Å². The van der Waals surface area contributed by atoms with Crippen molar-refractivity contribution < 1.29 is 30.0 Å². The number of carboxylic acid groups (broad SMARTS) is 4. The van der Waals surface area contributed by atoms with Crippen molar-refractivity contribution in [2.45, 2.75) is 20.8 Å². The van der Waals surface area contributed by atoms with Crippen LogP contribution < -0.4 is 0 Å². The van der Waals surface area contributed by atoms with Crippen molar-refractivity contribution in [3.05, 3.63) is 0 Å². The second-order valence-corrected chi connectivity index (χ2v) is 2.30. The fraction of sp³-hybridized carbons (Fsp3) is 0.667. The number of hydrogen-bond donors (Lipinski definition) is 4. The van der Waals surface area contributed by atoms with Crippen molar-refractivity contribution in [1.82, 2.24) is 0 Å². The van der Waals surface area contributed by atoms with Gasteiger partial charge in [0.25, 0.3) is 0 Å². The first-order valence-electron chi connectivity index (χ1n) is 3.03. The molecule has 0 radical (unpaired) electrons. The van der Waals surface area contributed by atoms with E-state index in [1.807, 2.05) is 0 Å². The maximum atomic E-state index is 8.56. The van der Waals surface area contributed by atoms with Crippen LogP contribution in [-0.4, -0.2) is 32.7 Å². The Morgan fingerprint density at radius 1 is 0.846 bits per heavy atom. The quantitative estimate of drug-likeness (QED) is 0.497. The monoisotopic (exact) mass is 218 g/mol. The molecule has 0 amide bonds. The molecule has 0 spiro atoms. The van der Waals surface area contributed by atoms with E-state index in [9.17, 15) is 0 Å². The molecule has 0 heterocycles. The summed E-state index contributed by atoms with van der Waals surface area (Å²) < 4.78 is 0. The maximum Gasteiger partial charge on any atom is 0.503 e. The lowest BCUT2D eigenvalue weighted by atomic mass is 10.3. The van der Waals surface area contributed by atoms with Gasteiger partial charge in [-0.3, -0.25) is 0 Å². The van der Waals surface area contributed by atoms with Crippen molar-refractivity contribution in [3.8, 4) is 0 Å². The van der Waals surface area contributed by atoms with Crippen LogP contribution in [0, 0.1) is 5.92 Å². The summed E-state index contributed by atoms with van der Waals surface area (Å²) in [5.41, 5.74) is 0. The molecule has 0 aromatic carbocycles. The molecule has 0 fully saturated rings. The van der Waals surface area contributed by atoms with E-state index in [0.29, 0.717) is 0 Å². The molecule has 0 bridgehead atoms. The van der Waals surface area contributed by atoms with Crippen LogP contribution in [0.15, 0.2) is 0 Å². The van der Waals surface area contributed by atoms with Crippen LogP contribution in [0.4, 0.5) is 9.59 Å². The second-order valence-electron chi connectivity index (χ2n) is 2.30. The van der Waals surface area contributed by atoms with Gasteiger partial charge in [-0.1, -0.05) is 20.8 Å². The highest BCUT2D eigenvalue weighted by molar-refractivity contribution is 5.85. The molecule has 0 atom stereocenters. The molecule has 0 saturated carbocycles. The third-order valence-corrected chi connectivity index (χ3v) is 0. The molecule has 82 valence electrons. The van der Waals surface area contributed by atoms with E-state index in [1.165, 1.54) is 0 Å². The van der Waals surface area contributed by atoms with Gasteiger partial charge in [-0.25, -0.2) is 9.59 Å². The Morgan fingerprint density at radius 2 is 0.846 bits per heavy atom. The Bertz CT molecular complexity index is 102. The molecule has 0 aliphatic rings. The zero-order valence-electron chi connectivity index (χ0n) is 7.59. The van der Waals surface area contributed by atoms with E-state index in [0.717, 1.165) is 5.92 Å². The van der Waals surface area contributed by atoms with Crippen molar-refractivity contribution in [2.75, 3.05) is 0 Å². The lowest BCUT2D eigenvalue weighted by molar-refractivity contribution is 0.135. The molecule has 6 nitrogen and oxygen atoms in total. The van der Waals surface area contributed by atoms with Crippen LogP contribution in [0.5, 0.6) is 0 Å². The van der Waals surface area contributed by atoms with Crippen LogP contribution in [0.2, 0.25) is 0 Å². The molecular weight excluding hydrogens is 204 g/mol. The Balaban J connectivity index is -0.0000000450. The second kappa shape index (κ2) is 17.1. The summed E-state index contributed by atoms with van der Waals surface area (Å²) in [7, 11) is 0. The Labute approximate surface area is 82.2 Å². The van der Waals surface area contributed by atoms with Crippen molar-refractivity contribution in [1.29, 1.82) is 0 Å². The normalized spacial score (nSPS) is 6.46. The Hall–Kier alpha value is -1.17. The van der Waals surface area contributed by atoms with E-state index < -0.39 is 12.3 Å². The standard InChI is InChI=1S/C4H10.2CH2O3.ClH/c1-4(2)3;2*2-1(3)4;/h4H,1-3H3;2*(H2,2,3,4);1H. The van der Waals surface area contributed by atoms with Gasteiger partial charge in [0.2, 0.25) is 0 Å². The van der Waals surface area contributed by atoms with E-state index >= 15 is 0 Å². The first-order chi connectivity index (χ1) is 5.20. The predicted octanol–water partition coefficient (Wildman–Crippen LogP) is 2.53. The lowest BCUT2D eigenvalue weighted by Gasteiger charge is -1.79. The van der Waals surface area contributed by atoms with Crippen LogP contribution in [0.3, 0.4) is 0 Å². The van der Waals surface area contributed by atoms with Gasteiger partial charge in [0, 0.05) is 0 Å². The number of hydrogen-bond acceptors (Lipinski definition) is 2. The van der Waals surface area contributed by atoms with Crippen molar-refractivity contribution >= 4 is 24.7 Å². The fourth-order valence-corrected chi connectivity index (χ4v) is 0.